The summed E-state index contributed by atoms with van der Waals surface area (Å²) >= 11 is 0. The molecule has 2 heterocycles. The zero-order valence-corrected chi connectivity index (χ0v) is 50.0. The molecule has 2 aliphatic rings. The first-order valence-corrected chi connectivity index (χ1v) is 28.6. The Morgan fingerprint density at radius 3 is 1.83 bits per heavy atom. The molecule has 0 fully saturated rings. The smallest absolute Gasteiger partial charge is 0.259 e. The molecule has 0 bridgehead atoms. The van der Waals surface area contributed by atoms with Gasteiger partial charge in [-0.05, 0) is 122 Å². The highest BCUT2D eigenvalue weighted by molar-refractivity contribution is 7.44. The molecule has 0 saturated carbocycles. The third-order valence-electron chi connectivity index (χ3n) is 15.3. The van der Waals surface area contributed by atoms with E-state index in [1.165, 1.54) is 55.5 Å². The first-order valence-electron chi connectivity index (χ1n) is 27.5. The van der Waals surface area contributed by atoms with Gasteiger partial charge in [0.2, 0.25) is 5.69 Å². The molecule has 78 heavy (non-hydrogen) atoms. The lowest BCUT2D eigenvalue weighted by molar-refractivity contribution is -0.438. The van der Waals surface area contributed by atoms with Crippen molar-refractivity contribution in [1.82, 2.24) is 4.67 Å². The second-order valence-corrected chi connectivity index (χ2v) is 23.1. The van der Waals surface area contributed by atoms with Crippen molar-refractivity contribution in [3.63, 3.8) is 0 Å². The van der Waals surface area contributed by atoms with Crippen LogP contribution in [0.3, 0.4) is 0 Å². The Morgan fingerprint density at radius 2 is 1.22 bits per heavy atom. The van der Waals surface area contributed by atoms with Crippen LogP contribution in [0.2, 0.25) is 0 Å². The summed E-state index contributed by atoms with van der Waals surface area (Å²) in [6, 6.07) is 58.9. The molecule has 0 spiro atoms. The van der Waals surface area contributed by atoms with E-state index in [1.54, 1.807) is 7.11 Å². The number of hydrogen-bond donors (Lipinski definition) is 0. The van der Waals surface area contributed by atoms with E-state index in [1.807, 2.05) is 12.1 Å². The maximum atomic E-state index is 9.27. The Balaban J connectivity index is 0.00000803. The summed E-state index contributed by atoms with van der Waals surface area (Å²) in [5.41, 5.74) is 9.49. The number of anilines is 1. The van der Waals surface area contributed by atoms with Gasteiger partial charge in [-0.25, -0.2) is 4.67 Å². The van der Waals surface area contributed by atoms with Crippen LogP contribution in [0.15, 0.2) is 194 Å². The number of benzene rings is 7. The van der Waals surface area contributed by atoms with Crippen molar-refractivity contribution in [1.29, 1.82) is 5.26 Å². The molecule has 1 unspecified atom stereocenters. The number of allylic oxidation sites excluding steroid dienone is 6. The highest BCUT2D eigenvalue weighted by Gasteiger charge is 2.46. The van der Waals surface area contributed by atoms with E-state index in [9.17, 15) is 5.26 Å². The standard InChI is InChI=1S/C68H76N4O4P.HI/c1-50(2)72(51(3)4)77(75-48-23-44-69)76-49-25-46-71-61-43-37-53-27-20-22-33-59(53)65(61)67(7,8)63(71)35-18-12-17-34-62-66(5,6)64-58-32-21-19-26-52(58)36-42-60(64)70(62)45-24-47-74-68(54-28-13-10-14-29-54,55-30-15-11-16-31-55)56-38-40-57(73-9)41-39-56;/h10-22,26-43,50-51H,23-25,45-49H2,1-9H3;1H/q+1;/p-1. The summed E-state index contributed by atoms with van der Waals surface area (Å²) in [6.07, 6.45) is 13.2. The first kappa shape index (κ1) is 58.2. The van der Waals surface area contributed by atoms with Gasteiger partial charge in [-0.3, -0.25) is 0 Å². The minimum Gasteiger partial charge on any atom is -1.00 e. The van der Waals surface area contributed by atoms with Crippen molar-refractivity contribution in [3.8, 4) is 11.8 Å². The van der Waals surface area contributed by atoms with Crippen molar-refractivity contribution in [2.24, 2.45) is 0 Å². The van der Waals surface area contributed by atoms with Gasteiger partial charge in [-0.15, -0.1) is 0 Å². The number of nitriles is 1. The fourth-order valence-electron chi connectivity index (χ4n) is 12.0. The molecule has 0 radical (unpaired) electrons. The highest BCUT2D eigenvalue weighted by atomic mass is 127. The van der Waals surface area contributed by atoms with E-state index in [2.05, 4.69) is 252 Å². The molecule has 10 heteroatoms. The molecule has 0 aliphatic carbocycles. The van der Waals surface area contributed by atoms with Crippen molar-refractivity contribution in [3.05, 3.63) is 222 Å². The fourth-order valence-corrected chi connectivity index (χ4v) is 13.6. The van der Waals surface area contributed by atoms with Crippen LogP contribution in [-0.2, 0) is 30.2 Å². The van der Waals surface area contributed by atoms with Crippen molar-refractivity contribution >= 4 is 47.2 Å². The molecule has 0 aromatic heterocycles. The third-order valence-corrected chi connectivity index (χ3v) is 17.4. The van der Waals surface area contributed by atoms with Crippen LogP contribution >= 0.6 is 8.53 Å². The van der Waals surface area contributed by atoms with E-state index < -0.39 is 14.1 Å². The average Bonchev–Trinajstić information content (AvgIpc) is 3.96. The van der Waals surface area contributed by atoms with Gasteiger partial charge >= 0.3 is 0 Å². The van der Waals surface area contributed by atoms with Crippen LogP contribution in [0.5, 0.6) is 5.75 Å². The number of rotatable bonds is 23. The zero-order chi connectivity index (χ0) is 54.2. The Labute approximate surface area is 482 Å². The molecule has 404 valence electrons. The lowest BCUT2D eigenvalue weighted by Gasteiger charge is -2.36. The van der Waals surface area contributed by atoms with Crippen molar-refractivity contribution in [2.75, 3.05) is 44.9 Å². The Bertz CT molecular complexity index is 3280. The Morgan fingerprint density at radius 1 is 0.641 bits per heavy atom. The molecule has 0 saturated heterocycles. The van der Waals surface area contributed by atoms with Gasteiger partial charge in [0.25, 0.3) is 8.53 Å². The van der Waals surface area contributed by atoms with Crippen LogP contribution in [0.4, 0.5) is 11.4 Å². The van der Waals surface area contributed by atoms with Gasteiger partial charge < -0.3 is 47.4 Å². The van der Waals surface area contributed by atoms with Gasteiger partial charge in [0.1, 0.15) is 11.4 Å². The topological polar surface area (TPSA) is 70.2 Å². The largest absolute Gasteiger partial charge is 1.00 e. The van der Waals surface area contributed by atoms with Crippen molar-refractivity contribution < 1.29 is 47.1 Å². The van der Waals surface area contributed by atoms with Gasteiger partial charge in [0.15, 0.2) is 12.3 Å². The van der Waals surface area contributed by atoms with E-state index in [4.69, 9.17) is 18.5 Å². The second-order valence-electron chi connectivity index (χ2n) is 21.7. The van der Waals surface area contributed by atoms with Crippen LogP contribution in [0.25, 0.3) is 21.5 Å². The minimum absolute atomic E-state index is 0. The number of hydrogen-bond acceptors (Lipinski definition) is 7. The maximum Gasteiger partial charge on any atom is 0.259 e. The minimum atomic E-state index is -1.32. The number of methoxy groups -OCH3 is 1. The van der Waals surface area contributed by atoms with Gasteiger partial charge in [-0.2, -0.15) is 9.84 Å². The first-order chi connectivity index (χ1) is 37.3. The predicted octanol–water partition coefficient (Wildman–Crippen LogP) is 13.3. The van der Waals surface area contributed by atoms with Crippen LogP contribution < -0.4 is 33.6 Å². The van der Waals surface area contributed by atoms with Gasteiger partial charge in [0, 0.05) is 59.6 Å². The lowest BCUT2D eigenvalue weighted by Crippen LogP contribution is -3.00. The van der Waals surface area contributed by atoms with Crippen LogP contribution in [0.1, 0.15) is 102 Å². The molecule has 0 N–H and O–H groups in total. The highest BCUT2D eigenvalue weighted by Crippen LogP contribution is 2.52. The van der Waals surface area contributed by atoms with Gasteiger partial charge in [-0.1, -0.05) is 159 Å². The zero-order valence-electron chi connectivity index (χ0n) is 47.0. The van der Waals surface area contributed by atoms with E-state index in [-0.39, 0.29) is 46.9 Å². The Hall–Kier alpha value is -5.96. The van der Waals surface area contributed by atoms with Crippen LogP contribution in [-0.4, -0.2) is 67.1 Å². The molecule has 7 aromatic rings. The maximum absolute atomic E-state index is 9.27. The summed E-state index contributed by atoms with van der Waals surface area (Å²) in [7, 11) is 0.385. The van der Waals surface area contributed by atoms with E-state index >= 15 is 0 Å². The molecular formula is C68H76IN4O4P. The summed E-state index contributed by atoms with van der Waals surface area (Å²) in [6.45, 7) is 21.1. The fraction of sp³-hybridized carbons (Fsp3) is 0.324. The third kappa shape index (κ3) is 11.8. The molecule has 0 amide bonds. The molecule has 7 aromatic carbocycles. The van der Waals surface area contributed by atoms with E-state index in [0.717, 1.165) is 48.4 Å². The number of halogens is 1. The Kier molecular flexibility index (Phi) is 19.3. The molecule has 2 aliphatic heterocycles. The molecule has 9 rings (SSSR count). The molecule has 1 atom stereocenters. The molecular weight excluding hydrogens is 1090 g/mol. The average molecular weight is 1170 g/mol. The lowest BCUT2D eigenvalue weighted by atomic mass is 9.79. The monoisotopic (exact) mass is 1170 g/mol. The summed E-state index contributed by atoms with van der Waals surface area (Å²) in [5, 5.41) is 14.3. The molecule has 8 nitrogen and oxygen atoms in total. The summed E-state index contributed by atoms with van der Waals surface area (Å²) in [4.78, 5) is 2.53. The van der Waals surface area contributed by atoms with E-state index in [0.29, 0.717) is 26.2 Å². The normalized spacial score (nSPS) is 15.8. The number of nitrogens with zero attached hydrogens (tertiary/aromatic N) is 4. The van der Waals surface area contributed by atoms with Crippen LogP contribution in [0, 0.1) is 11.3 Å². The second kappa shape index (κ2) is 25.9. The van der Waals surface area contributed by atoms with Crippen molar-refractivity contribution in [2.45, 2.75) is 103 Å². The van der Waals surface area contributed by atoms with Gasteiger partial charge in [0.05, 0.1) is 44.8 Å². The predicted molar refractivity (Wildman–Crippen MR) is 320 cm³/mol. The number of fused-ring (bicyclic) bond motifs is 6. The quantitative estimate of drug-likeness (QED) is 0.0158. The summed E-state index contributed by atoms with van der Waals surface area (Å²) < 4.78 is 30.6. The number of ether oxygens (including phenoxy) is 2. The summed E-state index contributed by atoms with van der Waals surface area (Å²) in [5.74, 6) is 0.806. The SMILES string of the molecule is COc1ccc(C(OCCCN2\C(=C/C=C/C=C/C3=[N+](CCCOP(OCCC#N)N(C(C)C)C(C)C)c4ccc5ccccc5c4C3(C)C)C(C)(C)c3c2ccc2ccccc32)(c2ccccc2)c2ccccc2)cc1.[I-].